The standard InChI is InChI=1S/C11H19NOS/c1-11(2,5-6-13)9-12-8-10-4-3-7-14-10/h3-4,7,12-13H,5-6,8-9H2,1-2H3. The SMILES string of the molecule is CC(C)(CCO)CNCc1cccs1. The lowest BCUT2D eigenvalue weighted by Gasteiger charge is -2.23. The predicted molar refractivity (Wildman–Crippen MR) is 61.5 cm³/mol. The summed E-state index contributed by atoms with van der Waals surface area (Å²) in [6, 6.07) is 4.21. The van der Waals surface area contributed by atoms with E-state index < -0.39 is 0 Å². The molecule has 1 aromatic rings. The first-order chi connectivity index (χ1) is 6.64. The first-order valence-corrected chi connectivity index (χ1v) is 5.86. The largest absolute Gasteiger partial charge is 0.396 e. The van der Waals surface area contributed by atoms with E-state index in [9.17, 15) is 0 Å². The van der Waals surface area contributed by atoms with Crippen molar-refractivity contribution >= 4 is 11.3 Å². The molecule has 0 unspecified atom stereocenters. The second-order valence-corrected chi connectivity index (χ2v) is 5.35. The molecule has 0 radical (unpaired) electrons. The van der Waals surface area contributed by atoms with Crippen LogP contribution in [0.2, 0.25) is 0 Å². The minimum absolute atomic E-state index is 0.187. The van der Waals surface area contributed by atoms with E-state index in [2.05, 4.69) is 36.7 Å². The summed E-state index contributed by atoms with van der Waals surface area (Å²) >= 11 is 1.77. The Balaban J connectivity index is 2.20. The van der Waals surface area contributed by atoms with Crippen LogP contribution < -0.4 is 5.32 Å². The molecular formula is C11H19NOS. The number of thiophene rings is 1. The highest BCUT2D eigenvalue weighted by molar-refractivity contribution is 7.09. The summed E-state index contributed by atoms with van der Waals surface area (Å²) in [4.78, 5) is 1.37. The average Bonchev–Trinajstić information content (AvgIpc) is 2.56. The minimum Gasteiger partial charge on any atom is -0.396 e. The average molecular weight is 213 g/mol. The maximum Gasteiger partial charge on any atom is 0.0436 e. The van der Waals surface area contributed by atoms with Crippen molar-refractivity contribution < 1.29 is 5.11 Å². The third kappa shape index (κ3) is 4.22. The summed E-state index contributed by atoms with van der Waals surface area (Å²) in [5, 5.41) is 14.4. The van der Waals surface area contributed by atoms with Crippen molar-refractivity contribution in [1.29, 1.82) is 0 Å². The van der Waals surface area contributed by atoms with Gasteiger partial charge in [-0.15, -0.1) is 11.3 Å². The molecule has 0 atom stereocenters. The fourth-order valence-corrected chi connectivity index (χ4v) is 2.00. The first-order valence-electron chi connectivity index (χ1n) is 4.98. The Hall–Kier alpha value is -0.380. The fraction of sp³-hybridized carbons (Fsp3) is 0.636. The van der Waals surface area contributed by atoms with Gasteiger partial charge in [-0.2, -0.15) is 0 Å². The van der Waals surface area contributed by atoms with Crippen LogP contribution in [0.3, 0.4) is 0 Å². The lowest BCUT2D eigenvalue weighted by molar-refractivity contribution is 0.207. The Bertz CT molecular complexity index is 244. The highest BCUT2D eigenvalue weighted by Gasteiger charge is 2.16. The van der Waals surface area contributed by atoms with Gasteiger partial charge in [-0.25, -0.2) is 0 Å². The summed E-state index contributed by atoms with van der Waals surface area (Å²) in [7, 11) is 0. The molecule has 0 fully saturated rings. The lowest BCUT2D eigenvalue weighted by atomic mass is 9.90. The second kappa shape index (κ2) is 5.49. The van der Waals surface area contributed by atoms with Gasteiger partial charge in [0, 0.05) is 24.6 Å². The number of aliphatic hydroxyl groups excluding tert-OH is 1. The molecule has 1 heterocycles. The molecule has 0 saturated carbocycles. The smallest absolute Gasteiger partial charge is 0.0436 e. The Kier molecular flexibility index (Phi) is 4.58. The molecule has 0 aromatic carbocycles. The van der Waals surface area contributed by atoms with Crippen molar-refractivity contribution in [3.63, 3.8) is 0 Å². The highest BCUT2D eigenvalue weighted by atomic mass is 32.1. The summed E-state index contributed by atoms with van der Waals surface area (Å²) in [5.74, 6) is 0. The van der Waals surface area contributed by atoms with Gasteiger partial charge >= 0.3 is 0 Å². The monoisotopic (exact) mass is 213 g/mol. The van der Waals surface area contributed by atoms with Gasteiger partial charge in [-0.1, -0.05) is 19.9 Å². The molecule has 3 heteroatoms. The van der Waals surface area contributed by atoms with Crippen molar-refractivity contribution in [2.75, 3.05) is 13.2 Å². The van der Waals surface area contributed by atoms with Crippen LogP contribution >= 0.6 is 11.3 Å². The predicted octanol–water partition coefficient (Wildman–Crippen LogP) is 2.25. The molecule has 0 spiro atoms. The van der Waals surface area contributed by atoms with Crippen LogP contribution in [0.1, 0.15) is 25.1 Å². The summed E-state index contributed by atoms with van der Waals surface area (Å²) in [5.41, 5.74) is 0.187. The van der Waals surface area contributed by atoms with Gasteiger partial charge in [0.15, 0.2) is 0 Å². The Morgan fingerprint density at radius 2 is 2.29 bits per heavy atom. The molecule has 0 saturated heterocycles. The van der Waals surface area contributed by atoms with E-state index in [0.717, 1.165) is 19.5 Å². The van der Waals surface area contributed by atoms with Crippen LogP contribution in [-0.4, -0.2) is 18.3 Å². The van der Waals surface area contributed by atoms with Gasteiger partial charge in [-0.3, -0.25) is 0 Å². The van der Waals surface area contributed by atoms with E-state index in [-0.39, 0.29) is 12.0 Å². The topological polar surface area (TPSA) is 32.3 Å². The zero-order valence-corrected chi connectivity index (χ0v) is 9.73. The van der Waals surface area contributed by atoms with E-state index >= 15 is 0 Å². The van der Waals surface area contributed by atoms with Gasteiger partial charge in [0.25, 0.3) is 0 Å². The molecule has 1 rings (SSSR count). The first kappa shape index (κ1) is 11.7. The van der Waals surface area contributed by atoms with Crippen LogP contribution in [0, 0.1) is 5.41 Å². The van der Waals surface area contributed by atoms with E-state index in [0.29, 0.717) is 0 Å². The molecule has 0 aliphatic rings. The third-order valence-electron chi connectivity index (χ3n) is 2.27. The molecule has 1 aromatic heterocycles. The fourth-order valence-electron chi connectivity index (χ4n) is 1.33. The van der Waals surface area contributed by atoms with Crippen molar-refractivity contribution in [2.24, 2.45) is 5.41 Å². The molecule has 0 amide bonds. The van der Waals surface area contributed by atoms with E-state index in [4.69, 9.17) is 5.11 Å². The van der Waals surface area contributed by atoms with Crippen molar-refractivity contribution in [1.82, 2.24) is 5.32 Å². The van der Waals surface area contributed by atoms with Crippen molar-refractivity contribution in [3.05, 3.63) is 22.4 Å². The quantitative estimate of drug-likeness (QED) is 0.759. The minimum atomic E-state index is 0.187. The van der Waals surface area contributed by atoms with Crippen LogP contribution in [0.15, 0.2) is 17.5 Å². The molecule has 0 bridgehead atoms. The molecule has 2 N–H and O–H groups in total. The summed E-state index contributed by atoms with van der Waals surface area (Å²) in [6.07, 6.45) is 0.852. The van der Waals surface area contributed by atoms with Gasteiger partial charge in [0.2, 0.25) is 0 Å². The van der Waals surface area contributed by atoms with Gasteiger partial charge in [-0.05, 0) is 23.3 Å². The lowest BCUT2D eigenvalue weighted by Crippen LogP contribution is -2.29. The summed E-state index contributed by atoms with van der Waals surface area (Å²) < 4.78 is 0. The molecule has 14 heavy (non-hydrogen) atoms. The summed E-state index contributed by atoms with van der Waals surface area (Å²) in [6.45, 7) is 6.50. The highest BCUT2D eigenvalue weighted by Crippen LogP contribution is 2.18. The number of nitrogens with one attached hydrogen (secondary N) is 1. The maximum absolute atomic E-state index is 8.86. The van der Waals surface area contributed by atoms with Crippen LogP contribution in [0.4, 0.5) is 0 Å². The van der Waals surface area contributed by atoms with Gasteiger partial charge in [0.1, 0.15) is 0 Å². The third-order valence-corrected chi connectivity index (χ3v) is 3.15. The number of hydrogen-bond donors (Lipinski definition) is 2. The molecule has 80 valence electrons. The molecule has 0 aliphatic carbocycles. The molecule has 0 aliphatic heterocycles. The Morgan fingerprint density at radius 1 is 1.50 bits per heavy atom. The van der Waals surface area contributed by atoms with E-state index in [1.165, 1.54) is 4.88 Å². The molecular weight excluding hydrogens is 194 g/mol. The van der Waals surface area contributed by atoms with Crippen LogP contribution in [0.5, 0.6) is 0 Å². The normalized spacial score (nSPS) is 11.9. The van der Waals surface area contributed by atoms with Crippen LogP contribution in [-0.2, 0) is 6.54 Å². The second-order valence-electron chi connectivity index (χ2n) is 4.32. The maximum atomic E-state index is 8.86. The number of rotatable bonds is 6. The van der Waals surface area contributed by atoms with Gasteiger partial charge in [0.05, 0.1) is 0 Å². The Morgan fingerprint density at radius 3 is 2.86 bits per heavy atom. The van der Waals surface area contributed by atoms with Crippen molar-refractivity contribution in [3.8, 4) is 0 Å². The van der Waals surface area contributed by atoms with Gasteiger partial charge < -0.3 is 10.4 Å². The van der Waals surface area contributed by atoms with Crippen molar-refractivity contribution in [2.45, 2.75) is 26.8 Å². The number of aliphatic hydroxyl groups is 1. The number of hydrogen-bond acceptors (Lipinski definition) is 3. The zero-order valence-electron chi connectivity index (χ0n) is 8.92. The Labute approximate surface area is 90.0 Å². The zero-order chi connectivity index (χ0) is 10.4. The molecule has 2 nitrogen and oxygen atoms in total. The van der Waals surface area contributed by atoms with Crippen LogP contribution in [0.25, 0.3) is 0 Å². The van der Waals surface area contributed by atoms with E-state index in [1.807, 2.05) is 0 Å². The van der Waals surface area contributed by atoms with E-state index in [1.54, 1.807) is 11.3 Å².